The van der Waals surface area contributed by atoms with Gasteiger partial charge in [-0.25, -0.2) is 9.78 Å². The number of hydrogen-bond donors (Lipinski definition) is 1. The van der Waals surface area contributed by atoms with Gasteiger partial charge in [-0.05, 0) is 44.4 Å². The molecule has 1 N–H and O–H groups in total. The van der Waals surface area contributed by atoms with E-state index >= 15 is 0 Å². The average molecular weight is 390 g/mol. The Morgan fingerprint density at radius 2 is 2.00 bits per heavy atom. The highest BCUT2D eigenvalue weighted by Crippen LogP contribution is 2.29. The number of piperidine rings is 1. The van der Waals surface area contributed by atoms with E-state index in [0.717, 1.165) is 42.0 Å². The zero-order valence-corrected chi connectivity index (χ0v) is 17.0. The van der Waals surface area contributed by atoms with Crippen LogP contribution in [0.15, 0.2) is 55.0 Å². The Morgan fingerprint density at radius 3 is 2.76 bits per heavy atom. The topological polar surface area (TPSA) is 63.1 Å². The molecule has 0 radical (unpaired) electrons. The molecule has 1 saturated heterocycles. The third-order valence-electron chi connectivity index (χ3n) is 5.51. The Labute approximate surface area is 171 Å². The molecule has 3 heterocycles. The summed E-state index contributed by atoms with van der Waals surface area (Å²) in [5.74, 6) is 0.919. The maximum Gasteiger partial charge on any atom is 0.317 e. The first-order valence-electron chi connectivity index (χ1n) is 10.1. The smallest absolute Gasteiger partial charge is 0.317 e. The number of aryl methyl sites for hydroxylation is 2. The van der Waals surface area contributed by atoms with Crippen LogP contribution >= 0.6 is 0 Å². The van der Waals surface area contributed by atoms with Crippen LogP contribution in [0.2, 0.25) is 0 Å². The van der Waals surface area contributed by atoms with Gasteiger partial charge in [-0.2, -0.15) is 0 Å². The summed E-state index contributed by atoms with van der Waals surface area (Å²) in [6, 6.07) is 12.4. The van der Waals surface area contributed by atoms with Crippen LogP contribution in [0.3, 0.4) is 0 Å². The summed E-state index contributed by atoms with van der Waals surface area (Å²) in [6.07, 6.45) is 7.52. The molecule has 4 rings (SSSR count). The molecule has 1 aromatic carbocycles. The predicted molar refractivity (Wildman–Crippen MR) is 113 cm³/mol. The lowest BCUT2D eigenvalue weighted by molar-refractivity contribution is 0.166. The lowest BCUT2D eigenvalue weighted by Crippen LogP contribution is -2.45. The lowest BCUT2D eigenvalue weighted by Gasteiger charge is -2.34. The number of carbonyl (C=O) groups excluding carboxylic acids is 1. The second-order valence-corrected chi connectivity index (χ2v) is 7.72. The van der Waals surface area contributed by atoms with Crippen LogP contribution in [0.25, 0.3) is 11.4 Å². The molecule has 3 aromatic rings. The number of hydrogen-bond acceptors (Lipinski definition) is 3. The van der Waals surface area contributed by atoms with Crippen molar-refractivity contribution in [3.8, 4) is 11.4 Å². The molecule has 2 amide bonds. The Balaban J connectivity index is 1.45. The molecule has 2 aromatic heterocycles. The van der Waals surface area contributed by atoms with Crippen molar-refractivity contribution >= 4 is 6.03 Å². The normalized spacial score (nSPS) is 16.6. The predicted octanol–water partition coefficient (Wildman–Crippen LogP) is 4.11. The molecule has 6 nitrogen and oxygen atoms in total. The Morgan fingerprint density at radius 1 is 1.17 bits per heavy atom. The molecule has 0 saturated carbocycles. The number of rotatable bonds is 4. The van der Waals surface area contributed by atoms with Gasteiger partial charge < -0.3 is 14.8 Å². The summed E-state index contributed by atoms with van der Waals surface area (Å²) in [5.41, 5.74) is 4.44. The summed E-state index contributed by atoms with van der Waals surface area (Å²) in [4.78, 5) is 23.5. The standard InChI is InChI=1S/C23H27N5O/c1-17-7-9-19(10-8-17)14-26-23(29)27-12-4-6-21(16-27)28-18(2)13-25-22(28)20-5-3-11-24-15-20/h3,5,7-11,13,15,21H,4,6,12,14,16H2,1-2H3,(H,26,29). The Hall–Kier alpha value is -3.15. The zero-order chi connectivity index (χ0) is 20.2. The highest BCUT2D eigenvalue weighted by atomic mass is 16.2. The van der Waals surface area contributed by atoms with E-state index in [0.29, 0.717) is 13.1 Å². The lowest BCUT2D eigenvalue weighted by atomic mass is 10.0. The van der Waals surface area contributed by atoms with Crippen molar-refractivity contribution in [3.05, 3.63) is 71.8 Å². The summed E-state index contributed by atoms with van der Waals surface area (Å²) in [6.45, 7) is 6.15. The maximum atomic E-state index is 12.8. The van der Waals surface area contributed by atoms with Crippen LogP contribution < -0.4 is 5.32 Å². The van der Waals surface area contributed by atoms with Crippen molar-refractivity contribution in [2.75, 3.05) is 13.1 Å². The highest BCUT2D eigenvalue weighted by molar-refractivity contribution is 5.74. The van der Waals surface area contributed by atoms with Crippen LogP contribution in [-0.2, 0) is 6.54 Å². The van der Waals surface area contributed by atoms with Crippen molar-refractivity contribution in [3.63, 3.8) is 0 Å². The monoisotopic (exact) mass is 389 g/mol. The van der Waals surface area contributed by atoms with Crippen molar-refractivity contribution < 1.29 is 4.79 Å². The number of pyridine rings is 1. The van der Waals surface area contributed by atoms with Crippen molar-refractivity contribution in [2.24, 2.45) is 0 Å². The number of imidazole rings is 1. The summed E-state index contributed by atoms with van der Waals surface area (Å²) >= 11 is 0. The number of carbonyl (C=O) groups is 1. The van der Waals surface area contributed by atoms with E-state index in [1.54, 1.807) is 6.20 Å². The molecule has 1 aliphatic rings. The molecule has 150 valence electrons. The van der Waals surface area contributed by atoms with Gasteiger partial charge >= 0.3 is 6.03 Å². The highest BCUT2D eigenvalue weighted by Gasteiger charge is 2.27. The van der Waals surface area contributed by atoms with Gasteiger partial charge in [0.25, 0.3) is 0 Å². The van der Waals surface area contributed by atoms with Crippen LogP contribution in [0, 0.1) is 13.8 Å². The van der Waals surface area contributed by atoms with Gasteiger partial charge in [0.15, 0.2) is 0 Å². The first-order chi connectivity index (χ1) is 14.1. The molecule has 1 unspecified atom stereocenters. The minimum Gasteiger partial charge on any atom is -0.334 e. The van der Waals surface area contributed by atoms with Crippen molar-refractivity contribution in [1.29, 1.82) is 0 Å². The number of urea groups is 1. The van der Waals surface area contributed by atoms with E-state index in [9.17, 15) is 4.79 Å². The third kappa shape index (κ3) is 4.31. The van der Waals surface area contributed by atoms with Crippen molar-refractivity contribution in [2.45, 2.75) is 39.3 Å². The van der Waals surface area contributed by atoms with Gasteiger partial charge in [0.05, 0.1) is 6.04 Å². The van der Waals surface area contributed by atoms with Crippen LogP contribution in [0.1, 0.15) is 35.7 Å². The van der Waals surface area contributed by atoms with E-state index in [1.807, 2.05) is 29.4 Å². The van der Waals surface area contributed by atoms with Crippen LogP contribution in [-0.4, -0.2) is 38.6 Å². The number of likely N-dealkylation sites (tertiary alicyclic amines) is 1. The molecule has 1 aliphatic heterocycles. The number of aromatic nitrogens is 3. The molecule has 1 fully saturated rings. The second-order valence-electron chi connectivity index (χ2n) is 7.72. The largest absolute Gasteiger partial charge is 0.334 e. The van der Waals surface area contributed by atoms with E-state index < -0.39 is 0 Å². The van der Waals surface area contributed by atoms with E-state index in [4.69, 9.17) is 0 Å². The van der Waals surface area contributed by atoms with E-state index in [1.165, 1.54) is 5.56 Å². The summed E-state index contributed by atoms with van der Waals surface area (Å²) < 4.78 is 2.26. The van der Waals surface area contributed by atoms with E-state index in [2.05, 4.69) is 58.0 Å². The minimum atomic E-state index is -0.00373. The third-order valence-corrected chi connectivity index (χ3v) is 5.51. The molecule has 6 heteroatoms. The fourth-order valence-corrected chi connectivity index (χ4v) is 3.96. The molecule has 0 aliphatic carbocycles. The summed E-state index contributed by atoms with van der Waals surface area (Å²) in [7, 11) is 0. The minimum absolute atomic E-state index is 0.00373. The molecule has 0 bridgehead atoms. The van der Waals surface area contributed by atoms with E-state index in [-0.39, 0.29) is 12.1 Å². The van der Waals surface area contributed by atoms with Gasteiger partial charge in [0.2, 0.25) is 0 Å². The zero-order valence-electron chi connectivity index (χ0n) is 17.0. The SMILES string of the molecule is Cc1ccc(CNC(=O)N2CCCC(n3c(C)cnc3-c3cccnc3)C2)cc1. The van der Waals surface area contributed by atoms with Gasteiger partial charge in [0.1, 0.15) is 5.82 Å². The molecule has 29 heavy (non-hydrogen) atoms. The summed E-state index contributed by atoms with van der Waals surface area (Å²) in [5, 5.41) is 3.07. The number of nitrogens with zero attached hydrogens (tertiary/aromatic N) is 4. The maximum absolute atomic E-state index is 12.8. The number of nitrogens with one attached hydrogen (secondary N) is 1. The van der Waals surface area contributed by atoms with Crippen LogP contribution in [0.5, 0.6) is 0 Å². The number of benzene rings is 1. The fourth-order valence-electron chi connectivity index (χ4n) is 3.96. The van der Waals surface area contributed by atoms with Gasteiger partial charge in [-0.15, -0.1) is 0 Å². The fraction of sp³-hybridized carbons (Fsp3) is 0.348. The van der Waals surface area contributed by atoms with Gasteiger partial charge in [-0.3, -0.25) is 4.98 Å². The Kier molecular flexibility index (Phi) is 5.60. The first kappa shape index (κ1) is 19.2. The molecule has 1 atom stereocenters. The molecular formula is C23H27N5O. The second kappa shape index (κ2) is 8.47. The van der Waals surface area contributed by atoms with Crippen LogP contribution in [0.4, 0.5) is 4.79 Å². The quantitative estimate of drug-likeness (QED) is 0.730. The van der Waals surface area contributed by atoms with Gasteiger partial charge in [0, 0.05) is 49.5 Å². The van der Waals surface area contributed by atoms with Crippen molar-refractivity contribution in [1.82, 2.24) is 24.8 Å². The molecular weight excluding hydrogens is 362 g/mol. The number of amides is 2. The molecule has 0 spiro atoms. The average Bonchev–Trinajstić information content (AvgIpc) is 3.15. The van der Waals surface area contributed by atoms with Gasteiger partial charge in [-0.1, -0.05) is 29.8 Å². The Bertz CT molecular complexity index is 965. The first-order valence-corrected chi connectivity index (χ1v) is 10.1.